The topological polar surface area (TPSA) is 58.0 Å². The normalized spacial score (nSPS) is 17.3. The molecule has 1 fully saturated rings. The molecule has 0 bridgehead atoms. The van der Waals surface area contributed by atoms with Crippen LogP contribution in [0.3, 0.4) is 0 Å². The Morgan fingerprint density at radius 1 is 1.00 bits per heavy atom. The van der Waals surface area contributed by atoms with Gasteiger partial charge in [0.2, 0.25) is 0 Å². The number of hydrogen-bond acceptors (Lipinski definition) is 2. The summed E-state index contributed by atoms with van der Waals surface area (Å²) in [4.78, 5) is 2.99. The summed E-state index contributed by atoms with van der Waals surface area (Å²) in [5.74, 6) is 0.779. The van der Waals surface area contributed by atoms with Gasteiger partial charge in [-0.05, 0) is 29.5 Å². The first-order chi connectivity index (χ1) is 10.9. The van der Waals surface area contributed by atoms with E-state index in [1.807, 2.05) is 36.4 Å². The molecule has 1 aliphatic heterocycles. The zero-order valence-electron chi connectivity index (χ0n) is 12.2. The van der Waals surface area contributed by atoms with Crippen LogP contribution in [0.5, 0.6) is 0 Å². The maximum Gasteiger partial charge on any atom is 0.113 e. The van der Waals surface area contributed by atoms with Gasteiger partial charge in [0, 0.05) is 10.5 Å². The Kier molecular flexibility index (Phi) is 4.42. The standard InChI is InChI=1S/C18H17N3O/c19-21-20-16-12-7-13-22-18(16)17(14-8-3-1-4-9-14)15-10-5-2-6-11-15/h1-6,8-11,16H,7,12-13H2/t16-/m0/s1. The van der Waals surface area contributed by atoms with Crippen molar-refractivity contribution < 1.29 is 4.74 Å². The first kappa shape index (κ1) is 14.2. The van der Waals surface area contributed by atoms with Crippen molar-refractivity contribution in [3.63, 3.8) is 0 Å². The first-order valence-corrected chi connectivity index (χ1v) is 7.42. The lowest BCUT2D eigenvalue weighted by molar-refractivity contribution is 0.154. The third kappa shape index (κ3) is 2.97. The Labute approximate surface area is 129 Å². The Hall–Kier alpha value is -2.71. The van der Waals surface area contributed by atoms with E-state index < -0.39 is 0 Å². The quantitative estimate of drug-likeness (QED) is 0.449. The van der Waals surface area contributed by atoms with Gasteiger partial charge < -0.3 is 4.74 Å². The van der Waals surface area contributed by atoms with Crippen molar-refractivity contribution in [3.05, 3.63) is 88.0 Å². The second-order valence-corrected chi connectivity index (χ2v) is 5.18. The smallest absolute Gasteiger partial charge is 0.113 e. The molecule has 2 aromatic carbocycles. The van der Waals surface area contributed by atoms with Crippen molar-refractivity contribution in [1.82, 2.24) is 0 Å². The predicted molar refractivity (Wildman–Crippen MR) is 87.0 cm³/mol. The molecule has 0 aromatic heterocycles. The van der Waals surface area contributed by atoms with Crippen LogP contribution in [0.1, 0.15) is 24.0 Å². The van der Waals surface area contributed by atoms with E-state index in [4.69, 9.17) is 10.3 Å². The lowest BCUT2D eigenvalue weighted by Gasteiger charge is -2.26. The van der Waals surface area contributed by atoms with Gasteiger partial charge in [0.15, 0.2) is 0 Å². The van der Waals surface area contributed by atoms with Crippen LogP contribution in [0.25, 0.3) is 16.0 Å². The van der Waals surface area contributed by atoms with Crippen molar-refractivity contribution in [2.45, 2.75) is 18.9 Å². The molecule has 1 atom stereocenters. The van der Waals surface area contributed by atoms with Gasteiger partial charge in [0.1, 0.15) is 5.76 Å². The molecule has 4 nitrogen and oxygen atoms in total. The number of rotatable bonds is 3. The Bertz CT molecular complexity index is 662. The zero-order valence-corrected chi connectivity index (χ0v) is 12.2. The van der Waals surface area contributed by atoms with E-state index in [1.165, 1.54) is 0 Å². The molecule has 4 heteroatoms. The van der Waals surface area contributed by atoms with Crippen LogP contribution < -0.4 is 0 Å². The van der Waals surface area contributed by atoms with E-state index in [-0.39, 0.29) is 6.04 Å². The van der Waals surface area contributed by atoms with Crippen LogP contribution in [0, 0.1) is 0 Å². The average Bonchev–Trinajstić information content (AvgIpc) is 2.59. The Morgan fingerprint density at radius 3 is 2.14 bits per heavy atom. The summed E-state index contributed by atoms with van der Waals surface area (Å²) in [6, 6.07) is 20.0. The minimum absolute atomic E-state index is 0.242. The molecular formula is C18H17N3O. The molecule has 2 aromatic rings. The van der Waals surface area contributed by atoms with Crippen molar-refractivity contribution in [3.8, 4) is 0 Å². The van der Waals surface area contributed by atoms with Gasteiger partial charge in [-0.25, -0.2) is 0 Å². The van der Waals surface area contributed by atoms with Crippen LogP contribution in [0.2, 0.25) is 0 Å². The molecule has 110 valence electrons. The summed E-state index contributed by atoms with van der Waals surface area (Å²) < 4.78 is 5.93. The van der Waals surface area contributed by atoms with Gasteiger partial charge in [-0.2, -0.15) is 0 Å². The zero-order chi connectivity index (χ0) is 15.2. The van der Waals surface area contributed by atoms with E-state index in [9.17, 15) is 0 Å². The van der Waals surface area contributed by atoms with Crippen molar-refractivity contribution in [2.24, 2.45) is 5.11 Å². The van der Waals surface area contributed by atoms with Crippen LogP contribution in [0.4, 0.5) is 0 Å². The Morgan fingerprint density at radius 2 is 1.59 bits per heavy atom. The molecule has 0 amide bonds. The summed E-state index contributed by atoms with van der Waals surface area (Å²) in [6.07, 6.45) is 1.73. The van der Waals surface area contributed by atoms with Crippen LogP contribution >= 0.6 is 0 Å². The lowest BCUT2D eigenvalue weighted by atomic mass is 9.92. The minimum Gasteiger partial charge on any atom is -0.497 e. The van der Waals surface area contributed by atoms with E-state index >= 15 is 0 Å². The first-order valence-electron chi connectivity index (χ1n) is 7.42. The van der Waals surface area contributed by atoms with Gasteiger partial charge in [-0.1, -0.05) is 65.8 Å². The predicted octanol–water partition coefficient (Wildman–Crippen LogP) is 4.94. The Balaban J connectivity index is 2.19. The molecule has 0 N–H and O–H groups in total. The molecule has 1 aliphatic rings. The minimum atomic E-state index is -0.242. The fourth-order valence-corrected chi connectivity index (χ4v) is 2.76. The molecule has 0 spiro atoms. The number of benzene rings is 2. The number of hydrogen-bond donors (Lipinski definition) is 0. The van der Waals surface area contributed by atoms with Crippen LogP contribution in [-0.4, -0.2) is 12.6 Å². The third-order valence-electron chi connectivity index (χ3n) is 3.74. The molecular weight excluding hydrogens is 274 g/mol. The molecule has 0 unspecified atom stereocenters. The van der Waals surface area contributed by atoms with Crippen molar-refractivity contribution >= 4 is 5.57 Å². The van der Waals surface area contributed by atoms with Crippen molar-refractivity contribution in [2.75, 3.05) is 6.61 Å². The monoisotopic (exact) mass is 291 g/mol. The second kappa shape index (κ2) is 6.83. The molecule has 1 saturated heterocycles. The molecule has 0 radical (unpaired) electrons. The summed E-state index contributed by atoms with van der Waals surface area (Å²) >= 11 is 0. The maximum absolute atomic E-state index is 8.84. The largest absolute Gasteiger partial charge is 0.497 e. The highest BCUT2D eigenvalue weighted by atomic mass is 16.5. The number of azide groups is 1. The molecule has 1 heterocycles. The van der Waals surface area contributed by atoms with E-state index in [2.05, 4.69) is 34.3 Å². The van der Waals surface area contributed by atoms with Crippen molar-refractivity contribution in [1.29, 1.82) is 0 Å². The average molecular weight is 291 g/mol. The van der Waals surface area contributed by atoms with Gasteiger partial charge in [-0.3, -0.25) is 0 Å². The highest BCUT2D eigenvalue weighted by molar-refractivity contribution is 5.81. The molecule has 0 saturated carbocycles. The van der Waals surface area contributed by atoms with E-state index in [1.54, 1.807) is 0 Å². The van der Waals surface area contributed by atoms with Gasteiger partial charge in [-0.15, -0.1) is 0 Å². The third-order valence-corrected chi connectivity index (χ3v) is 3.74. The number of ether oxygens (including phenoxy) is 1. The van der Waals surface area contributed by atoms with Gasteiger partial charge in [0.25, 0.3) is 0 Å². The van der Waals surface area contributed by atoms with E-state index in [0.29, 0.717) is 6.61 Å². The summed E-state index contributed by atoms with van der Waals surface area (Å²) in [6.45, 7) is 0.663. The summed E-state index contributed by atoms with van der Waals surface area (Å²) in [7, 11) is 0. The van der Waals surface area contributed by atoms with E-state index in [0.717, 1.165) is 35.3 Å². The molecule has 22 heavy (non-hydrogen) atoms. The maximum atomic E-state index is 8.84. The lowest BCUT2D eigenvalue weighted by Crippen LogP contribution is -2.20. The summed E-state index contributed by atoms with van der Waals surface area (Å²) in [5.41, 5.74) is 12.0. The molecule has 3 rings (SSSR count). The number of nitrogens with zero attached hydrogens (tertiary/aromatic N) is 3. The summed E-state index contributed by atoms with van der Waals surface area (Å²) in [5, 5.41) is 3.93. The van der Waals surface area contributed by atoms with Gasteiger partial charge in [0.05, 0.1) is 12.6 Å². The van der Waals surface area contributed by atoms with Gasteiger partial charge >= 0.3 is 0 Å². The fourth-order valence-electron chi connectivity index (χ4n) is 2.76. The fraction of sp³-hybridized carbons (Fsp3) is 0.222. The van der Waals surface area contributed by atoms with Crippen LogP contribution in [0.15, 0.2) is 71.5 Å². The highest BCUT2D eigenvalue weighted by Crippen LogP contribution is 2.33. The second-order valence-electron chi connectivity index (χ2n) is 5.18. The highest BCUT2D eigenvalue weighted by Gasteiger charge is 2.24. The van der Waals surface area contributed by atoms with Crippen LogP contribution in [-0.2, 0) is 4.74 Å². The SMILES string of the molecule is [N-]=[N+]=N[C@H]1CCCOC1=C(c1ccccc1)c1ccccc1. The molecule has 0 aliphatic carbocycles.